The summed E-state index contributed by atoms with van der Waals surface area (Å²) in [5.74, 6) is -0.144. The van der Waals surface area contributed by atoms with Gasteiger partial charge in [0.15, 0.2) is 11.4 Å². The van der Waals surface area contributed by atoms with Crippen molar-refractivity contribution in [3.63, 3.8) is 0 Å². The fraction of sp³-hybridized carbons (Fsp3) is 0.267. The first kappa shape index (κ1) is 27.4. The summed E-state index contributed by atoms with van der Waals surface area (Å²) in [5.41, 5.74) is 4.27. The maximum Gasteiger partial charge on any atom is 0.251 e. The lowest BCUT2D eigenvalue weighted by Crippen LogP contribution is -2.39. The third-order valence-electron chi connectivity index (χ3n) is 6.97. The molecule has 1 fully saturated rings. The van der Waals surface area contributed by atoms with Crippen LogP contribution >= 0.6 is 23.2 Å². The van der Waals surface area contributed by atoms with E-state index >= 15 is 0 Å². The van der Waals surface area contributed by atoms with Crippen LogP contribution in [0.15, 0.2) is 85.2 Å². The minimum Gasteiger partial charge on any atom is -0.392 e. The summed E-state index contributed by atoms with van der Waals surface area (Å²) >= 11 is 12.4. The van der Waals surface area contributed by atoms with Crippen LogP contribution in [0.5, 0.6) is 0 Å². The quantitative estimate of drug-likeness (QED) is 0.269. The van der Waals surface area contributed by atoms with Gasteiger partial charge in [0.2, 0.25) is 0 Å². The fourth-order valence-corrected chi connectivity index (χ4v) is 4.97. The van der Waals surface area contributed by atoms with Gasteiger partial charge in [-0.3, -0.25) is 4.79 Å². The largest absolute Gasteiger partial charge is 0.392 e. The highest BCUT2D eigenvalue weighted by atomic mass is 35.5. The molecule has 0 spiro atoms. The zero-order valence-corrected chi connectivity index (χ0v) is 22.8. The van der Waals surface area contributed by atoms with Crippen LogP contribution in [0.25, 0.3) is 0 Å². The molecular weight excluding hydrogens is 537 g/mol. The third-order valence-corrected chi connectivity index (χ3v) is 7.74. The Bertz CT molecular complexity index is 1390. The number of imidazole rings is 1. The highest BCUT2D eigenvalue weighted by Gasteiger charge is 2.38. The summed E-state index contributed by atoms with van der Waals surface area (Å²) in [6, 6.07) is 24.7. The summed E-state index contributed by atoms with van der Waals surface area (Å²) in [6.45, 7) is 2.92. The van der Waals surface area contributed by atoms with Crippen LogP contribution in [0.3, 0.4) is 0 Å². The molecule has 0 bridgehead atoms. The van der Waals surface area contributed by atoms with Crippen LogP contribution in [0.2, 0.25) is 10.3 Å². The minimum atomic E-state index is -0.626. The molecule has 1 aromatic heterocycles. The molecule has 2 heterocycles. The number of halogens is 2. The summed E-state index contributed by atoms with van der Waals surface area (Å²) in [7, 11) is 0. The molecule has 9 heteroatoms. The molecule has 1 saturated heterocycles. The Morgan fingerprint density at radius 1 is 0.949 bits per heavy atom. The van der Waals surface area contributed by atoms with Gasteiger partial charge < -0.3 is 24.5 Å². The lowest BCUT2D eigenvalue weighted by atomic mass is 9.90. The van der Waals surface area contributed by atoms with Gasteiger partial charge in [0.05, 0.1) is 31.7 Å². The molecule has 5 rings (SSSR count). The molecular formula is C30H29Cl2N3O4. The third kappa shape index (κ3) is 6.35. The summed E-state index contributed by atoms with van der Waals surface area (Å²) in [6.07, 6.45) is 0.469. The van der Waals surface area contributed by atoms with Gasteiger partial charge in [0, 0.05) is 23.6 Å². The second-order valence-corrected chi connectivity index (χ2v) is 10.3. The van der Waals surface area contributed by atoms with Crippen molar-refractivity contribution < 1.29 is 19.4 Å². The molecule has 7 nitrogen and oxygen atoms in total. The highest BCUT2D eigenvalue weighted by molar-refractivity contribution is 6.40. The Kier molecular flexibility index (Phi) is 8.65. The number of aliphatic hydroxyl groups is 1. The van der Waals surface area contributed by atoms with E-state index in [1.807, 2.05) is 66.7 Å². The van der Waals surface area contributed by atoms with E-state index in [0.29, 0.717) is 23.8 Å². The number of aromatic nitrogens is 2. The molecule has 3 aromatic carbocycles. The molecule has 0 aliphatic carbocycles. The van der Waals surface area contributed by atoms with Crippen LogP contribution < -0.4 is 5.32 Å². The van der Waals surface area contributed by atoms with Gasteiger partial charge in [0.1, 0.15) is 5.15 Å². The predicted octanol–water partition coefficient (Wildman–Crippen LogP) is 6.10. The zero-order chi connectivity index (χ0) is 27.4. The van der Waals surface area contributed by atoms with E-state index in [-0.39, 0.29) is 35.8 Å². The Morgan fingerprint density at radius 2 is 1.62 bits per heavy atom. The van der Waals surface area contributed by atoms with Crippen LogP contribution in [-0.2, 0) is 29.2 Å². The van der Waals surface area contributed by atoms with Gasteiger partial charge in [-0.05, 0) is 28.8 Å². The molecule has 0 radical (unpaired) electrons. The van der Waals surface area contributed by atoms with Crippen LogP contribution in [0.4, 0.5) is 0 Å². The molecule has 39 heavy (non-hydrogen) atoms. The van der Waals surface area contributed by atoms with E-state index < -0.39 is 6.29 Å². The second kappa shape index (κ2) is 12.3. The summed E-state index contributed by atoms with van der Waals surface area (Å²) < 4.78 is 14.7. The van der Waals surface area contributed by atoms with Crippen LogP contribution in [0.1, 0.15) is 51.9 Å². The topological polar surface area (TPSA) is 85.6 Å². The van der Waals surface area contributed by atoms with E-state index in [2.05, 4.69) is 17.2 Å². The fourth-order valence-electron chi connectivity index (χ4n) is 4.66. The highest BCUT2D eigenvalue weighted by Crippen LogP contribution is 2.42. The average molecular weight is 566 g/mol. The molecule has 1 aliphatic rings. The van der Waals surface area contributed by atoms with Crippen molar-refractivity contribution in [3.8, 4) is 0 Å². The predicted molar refractivity (Wildman–Crippen MR) is 149 cm³/mol. The monoisotopic (exact) mass is 565 g/mol. The van der Waals surface area contributed by atoms with Gasteiger partial charge in [-0.2, -0.15) is 0 Å². The number of ether oxygens (including phenoxy) is 2. The van der Waals surface area contributed by atoms with E-state index in [1.165, 1.54) is 0 Å². The number of hydrogen-bond acceptors (Lipinski definition) is 5. The number of hydrogen-bond donors (Lipinski definition) is 2. The van der Waals surface area contributed by atoms with E-state index in [1.54, 1.807) is 23.0 Å². The molecule has 1 amide bonds. The van der Waals surface area contributed by atoms with Crippen molar-refractivity contribution >= 4 is 29.1 Å². The van der Waals surface area contributed by atoms with Gasteiger partial charge in [-0.25, -0.2) is 4.98 Å². The lowest BCUT2D eigenvalue weighted by Gasteiger charge is -2.41. The molecule has 4 aromatic rings. The summed E-state index contributed by atoms with van der Waals surface area (Å²) in [5, 5.41) is 13.0. The standard InChI is InChI=1S/C30H29Cl2N3O4/c1-19-25(16-35-18-34-27(31)28(35)32)38-30(39-26(19)22-11-9-21(17-36)10-12-22)24-13-7-20(8-14-24)15-33-29(37)23-5-3-2-4-6-23/h2-14,18-19,25-26,30,36H,15-17H2,1H3,(H,33,37)/t19-,25+,26+,30+/m0/s1. The van der Waals surface area contributed by atoms with Crippen molar-refractivity contribution in [2.45, 2.75) is 45.1 Å². The van der Waals surface area contributed by atoms with Crippen LogP contribution in [0, 0.1) is 5.92 Å². The van der Waals surface area contributed by atoms with E-state index in [4.69, 9.17) is 32.7 Å². The molecule has 0 unspecified atom stereocenters. The Hall–Kier alpha value is -3.20. The smallest absolute Gasteiger partial charge is 0.251 e. The number of aliphatic hydroxyl groups excluding tert-OH is 1. The number of rotatable bonds is 8. The normalized spacial score (nSPS) is 21.0. The zero-order valence-electron chi connectivity index (χ0n) is 21.3. The Morgan fingerprint density at radius 3 is 2.26 bits per heavy atom. The van der Waals surface area contributed by atoms with Crippen molar-refractivity contribution in [1.29, 1.82) is 0 Å². The number of amides is 1. The first-order valence-corrected chi connectivity index (χ1v) is 13.5. The van der Waals surface area contributed by atoms with Gasteiger partial charge in [-0.15, -0.1) is 0 Å². The molecule has 1 aliphatic heterocycles. The van der Waals surface area contributed by atoms with Crippen molar-refractivity contribution in [3.05, 3.63) is 123 Å². The number of carbonyl (C=O) groups is 1. The number of nitrogens with one attached hydrogen (secondary N) is 1. The first-order chi connectivity index (χ1) is 18.9. The molecule has 202 valence electrons. The Labute approximate surface area is 237 Å². The van der Waals surface area contributed by atoms with Gasteiger partial charge >= 0.3 is 0 Å². The second-order valence-electron chi connectivity index (χ2n) is 9.59. The van der Waals surface area contributed by atoms with E-state index in [0.717, 1.165) is 22.3 Å². The minimum absolute atomic E-state index is 0.0201. The Balaban J connectivity index is 1.34. The number of carbonyl (C=O) groups excluding carboxylic acids is 1. The van der Waals surface area contributed by atoms with Crippen molar-refractivity contribution in [2.75, 3.05) is 0 Å². The first-order valence-electron chi connectivity index (χ1n) is 12.7. The maximum absolute atomic E-state index is 12.4. The van der Waals surface area contributed by atoms with Gasteiger partial charge in [0.25, 0.3) is 5.91 Å². The number of nitrogens with zero attached hydrogens (tertiary/aromatic N) is 2. The average Bonchev–Trinajstić information content (AvgIpc) is 3.30. The van der Waals surface area contributed by atoms with Crippen molar-refractivity contribution in [1.82, 2.24) is 14.9 Å². The summed E-state index contributed by atoms with van der Waals surface area (Å²) in [4.78, 5) is 16.5. The molecule has 0 saturated carbocycles. The lowest BCUT2D eigenvalue weighted by molar-refractivity contribution is -0.276. The van der Waals surface area contributed by atoms with Crippen molar-refractivity contribution in [2.24, 2.45) is 5.92 Å². The SMILES string of the molecule is C[C@H]1[C@@H](Cn2cnc(Cl)c2Cl)O[C@@H](c2ccc(CNC(=O)c3ccccc3)cc2)O[C@H]1c1ccc(CO)cc1. The molecule has 2 N–H and O–H groups in total. The van der Waals surface area contributed by atoms with E-state index in [9.17, 15) is 9.90 Å². The number of benzene rings is 3. The van der Waals surface area contributed by atoms with Crippen LogP contribution in [-0.4, -0.2) is 26.7 Å². The maximum atomic E-state index is 12.4. The van der Waals surface area contributed by atoms with Gasteiger partial charge in [-0.1, -0.05) is 96.9 Å². The molecule has 4 atom stereocenters.